The van der Waals surface area contributed by atoms with Crippen LogP contribution < -0.4 is 5.32 Å². The monoisotopic (exact) mass is 383 g/mol. The molecular weight excluding hydrogens is 369 g/mol. The predicted molar refractivity (Wildman–Crippen MR) is 86.0 cm³/mol. The normalized spacial score (nSPS) is 27.3. The van der Waals surface area contributed by atoms with Gasteiger partial charge in [0.05, 0.1) is 15.4 Å². The number of carbonyl (C=O) groups is 1. The molecule has 1 heterocycles. The third kappa shape index (κ3) is 3.66. The second-order valence-corrected chi connectivity index (χ2v) is 8.13. The SMILES string of the molecule is CC1CCC(CBr)(NC(=O)c2cc(Cl)sc2Cl)CC1. The fourth-order valence-electron chi connectivity index (χ4n) is 2.41. The molecule has 1 saturated carbocycles. The number of halogens is 3. The molecule has 0 saturated heterocycles. The summed E-state index contributed by atoms with van der Waals surface area (Å²) in [5.74, 6) is 0.616. The van der Waals surface area contributed by atoms with Gasteiger partial charge in [-0.3, -0.25) is 4.79 Å². The van der Waals surface area contributed by atoms with Crippen molar-refractivity contribution in [1.82, 2.24) is 5.32 Å². The standard InChI is InChI=1S/C13H16BrCl2NOS/c1-8-2-4-13(7-14,5-3-8)17-12(18)9-6-10(15)19-11(9)16/h6,8H,2-5,7H2,1H3,(H,17,18). The molecule has 1 aliphatic rings. The maximum atomic E-state index is 12.3. The number of alkyl halides is 1. The van der Waals surface area contributed by atoms with Gasteiger partial charge in [-0.1, -0.05) is 46.1 Å². The van der Waals surface area contributed by atoms with E-state index in [4.69, 9.17) is 23.2 Å². The van der Waals surface area contributed by atoms with Crippen molar-refractivity contribution in [3.8, 4) is 0 Å². The van der Waals surface area contributed by atoms with Gasteiger partial charge in [-0.2, -0.15) is 0 Å². The molecule has 0 spiro atoms. The summed E-state index contributed by atoms with van der Waals surface area (Å²) >= 11 is 16.7. The van der Waals surface area contributed by atoms with Crippen molar-refractivity contribution in [2.24, 2.45) is 5.92 Å². The van der Waals surface area contributed by atoms with Gasteiger partial charge in [0.25, 0.3) is 5.91 Å². The minimum atomic E-state index is -0.151. The van der Waals surface area contributed by atoms with Crippen LogP contribution >= 0.6 is 50.5 Å². The molecule has 0 aromatic carbocycles. The van der Waals surface area contributed by atoms with Crippen LogP contribution in [-0.2, 0) is 0 Å². The third-order valence-electron chi connectivity index (χ3n) is 3.77. The molecule has 1 N–H and O–H groups in total. The summed E-state index contributed by atoms with van der Waals surface area (Å²) in [5, 5.41) is 3.92. The van der Waals surface area contributed by atoms with E-state index in [2.05, 4.69) is 28.2 Å². The average molecular weight is 385 g/mol. The first kappa shape index (κ1) is 15.6. The molecule has 1 aliphatic carbocycles. The third-order valence-corrected chi connectivity index (χ3v) is 6.33. The Hall–Kier alpha value is 0.230. The molecule has 1 fully saturated rings. The molecule has 2 rings (SSSR count). The molecule has 106 valence electrons. The van der Waals surface area contributed by atoms with Crippen LogP contribution in [0, 0.1) is 5.92 Å². The van der Waals surface area contributed by atoms with Gasteiger partial charge >= 0.3 is 0 Å². The van der Waals surface area contributed by atoms with E-state index >= 15 is 0 Å². The predicted octanol–water partition coefficient (Wildman–Crippen LogP) is 5.13. The molecule has 0 bridgehead atoms. The smallest absolute Gasteiger partial charge is 0.254 e. The molecule has 1 aromatic rings. The number of nitrogens with one attached hydrogen (secondary N) is 1. The molecule has 19 heavy (non-hydrogen) atoms. The topological polar surface area (TPSA) is 29.1 Å². The van der Waals surface area contributed by atoms with Crippen LogP contribution in [-0.4, -0.2) is 16.8 Å². The lowest BCUT2D eigenvalue weighted by molar-refractivity contribution is 0.0875. The molecule has 0 aliphatic heterocycles. The quantitative estimate of drug-likeness (QED) is 0.719. The van der Waals surface area contributed by atoms with Crippen molar-refractivity contribution in [3.63, 3.8) is 0 Å². The molecule has 2 nitrogen and oxygen atoms in total. The van der Waals surface area contributed by atoms with Crippen molar-refractivity contribution in [3.05, 3.63) is 20.3 Å². The van der Waals surface area contributed by atoms with Crippen LogP contribution in [0.2, 0.25) is 8.67 Å². The first-order valence-electron chi connectivity index (χ1n) is 6.29. The van der Waals surface area contributed by atoms with Gasteiger partial charge < -0.3 is 5.32 Å². The molecule has 1 aromatic heterocycles. The number of thiophene rings is 1. The molecule has 0 radical (unpaired) electrons. The van der Waals surface area contributed by atoms with Gasteiger partial charge in [0.2, 0.25) is 0 Å². The molecule has 0 unspecified atom stereocenters. The van der Waals surface area contributed by atoms with Crippen LogP contribution in [0.15, 0.2) is 6.07 Å². The highest BCUT2D eigenvalue weighted by molar-refractivity contribution is 9.09. The van der Waals surface area contributed by atoms with Gasteiger partial charge in [-0.05, 0) is 37.7 Å². The summed E-state index contributed by atoms with van der Waals surface area (Å²) in [6, 6.07) is 1.64. The highest BCUT2D eigenvalue weighted by Gasteiger charge is 2.35. The summed E-state index contributed by atoms with van der Waals surface area (Å²) in [4.78, 5) is 12.3. The molecule has 1 amide bonds. The van der Waals surface area contributed by atoms with Crippen molar-refractivity contribution in [1.29, 1.82) is 0 Å². The summed E-state index contributed by atoms with van der Waals surface area (Å²) < 4.78 is 0.997. The summed E-state index contributed by atoms with van der Waals surface area (Å²) in [6.07, 6.45) is 4.29. The van der Waals surface area contributed by atoms with Gasteiger partial charge in [-0.15, -0.1) is 11.3 Å². The van der Waals surface area contributed by atoms with Crippen molar-refractivity contribution in [2.45, 2.75) is 38.1 Å². The van der Waals surface area contributed by atoms with Crippen LogP contribution in [0.25, 0.3) is 0 Å². The Bertz CT molecular complexity index is 469. The van der Waals surface area contributed by atoms with Crippen LogP contribution in [0.5, 0.6) is 0 Å². The zero-order chi connectivity index (χ0) is 14.0. The van der Waals surface area contributed by atoms with Gasteiger partial charge in [0, 0.05) is 5.33 Å². The lowest BCUT2D eigenvalue weighted by Crippen LogP contribution is -2.52. The Kier molecular flexibility index (Phi) is 5.21. The number of rotatable bonds is 3. The minimum absolute atomic E-state index is 0.123. The van der Waals surface area contributed by atoms with Crippen molar-refractivity contribution in [2.75, 3.05) is 5.33 Å². The van der Waals surface area contributed by atoms with E-state index in [1.807, 2.05) is 0 Å². The Morgan fingerprint density at radius 3 is 2.63 bits per heavy atom. The molecular formula is C13H16BrCl2NOS. The summed E-state index contributed by atoms with van der Waals surface area (Å²) in [7, 11) is 0. The van der Waals surface area contributed by atoms with E-state index in [-0.39, 0.29) is 11.4 Å². The Morgan fingerprint density at radius 1 is 1.53 bits per heavy atom. The highest BCUT2D eigenvalue weighted by atomic mass is 79.9. The van der Waals surface area contributed by atoms with Crippen LogP contribution in [0.4, 0.5) is 0 Å². The zero-order valence-electron chi connectivity index (χ0n) is 10.6. The number of carbonyl (C=O) groups excluding carboxylic acids is 1. The number of amides is 1. The zero-order valence-corrected chi connectivity index (χ0v) is 14.6. The van der Waals surface area contributed by atoms with E-state index in [1.165, 1.54) is 11.3 Å². The highest BCUT2D eigenvalue weighted by Crippen LogP contribution is 2.35. The first-order chi connectivity index (χ1) is 8.96. The lowest BCUT2D eigenvalue weighted by atomic mass is 9.78. The van der Waals surface area contributed by atoms with Crippen molar-refractivity contribution < 1.29 is 4.79 Å². The second kappa shape index (κ2) is 6.33. The van der Waals surface area contributed by atoms with Crippen LogP contribution in [0.3, 0.4) is 0 Å². The Labute approximate surface area is 136 Å². The lowest BCUT2D eigenvalue weighted by Gasteiger charge is -2.38. The minimum Gasteiger partial charge on any atom is -0.346 e. The van der Waals surface area contributed by atoms with Gasteiger partial charge in [-0.25, -0.2) is 0 Å². The van der Waals surface area contributed by atoms with E-state index in [9.17, 15) is 4.79 Å². The second-order valence-electron chi connectivity index (χ2n) is 5.29. The van der Waals surface area contributed by atoms with Crippen molar-refractivity contribution >= 4 is 56.4 Å². The van der Waals surface area contributed by atoms with E-state index in [0.29, 0.717) is 14.2 Å². The maximum absolute atomic E-state index is 12.3. The molecule has 6 heteroatoms. The van der Waals surface area contributed by atoms with E-state index < -0.39 is 0 Å². The fourth-order valence-corrected chi connectivity index (χ4v) is 4.57. The van der Waals surface area contributed by atoms with Gasteiger partial charge in [0.15, 0.2) is 0 Å². The number of hydrogen-bond acceptors (Lipinski definition) is 2. The summed E-state index contributed by atoms with van der Waals surface area (Å²) in [5.41, 5.74) is 0.331. The Balaban J connectivity index is 2.10. The number of hydrogen-bond donors (Lipinski definition) is 1. The average Bonchev–Trinajstić information content (AvgIpc) is 2.72. The van der Waals surface area contributed by atoms with E-state index in [1.54, 1.807) is 6.07 Å². The maximum Gasteiger partial charge on any atom is 0.254 e. The fraction of sp³-hybridized carbons (Fsp3) is 0.615. The van der Waals surface area contributed by atoms with Gasteiger partial charge in [0.1, 0.15) is 4.34 Å². The van der Waals surface area contributed by atoms with E-state index in [0.717, 1.165) is 36.9 Å². The Morgan fingerprint density at radius 2 is 2.16 bits per heavy atom. The molecule has 0 atom stereocenters. The summed E-state index contributed by atoms with van der Waals surface area (Å²) in [6.45, 7) is 2.26. The van der Waals surface area contributed by atoms with Crippen LogP contribution in [0.1, 0.15) is 43.0 Å². The first-order valence-corrected chi connectivity index (χ1v) is 8.98. The largest absolute Gasteiger partial charge is 0.346 e.